The molecule has 1 aliphatic rings. The number of ether oxygens (including phenoxy) is 1. The van der Waals surface area contributed by atoms with Crippen molar-refractivity contribution in [3.8, 4) is 11.3 Å². The first-order chi connectivity index (χ1) is 12.5. The first-order valence-corrected chi connectivity index (χ1v) is 8.76. The average Bonchev–Trinajstić information content (AvgIpc) is 2.61. The molecule has 2 heterocycles. The van der Waals surface area contributed by atoms with Gasteiger partial charge in [-0.1, -0.05) is 12.1 Å². The van der Waals surface area contributed by atoms with Crippen LogP contribution < -0.4 is 10.2 Å². The van der Waals surface area contributed by atoms with Crippen LogP contribution in [0.15, 0.2) is 42.6 Å². The quantitative estimate of drug-likeness (QED) is 0.914. The van der Waals surface area contributed by atoms with Crippen molar-refractivity contribution in [2.24, 2.45) is 0 Å². The highest BCUT2D eigenvalue weighted by Crippen LogP contribution is 2.36. The highest BCUT2D eigenvalue weighted by Gasteiger charge is 2.29. The van der Waals surface area contributed by atoms with E-state index in [1.807, 2.05) is 50.2 Å². The molecule has 6 nitrogen and oxygen atoms in total. The summed E-state index contributed by atoms with van der Waals surface area (Å²) < 4.78 is 5.21. The number of pyridine rings is 1. The van der Waals surface area contributed by atoms with Crippen LogP contribution >= 0.6 is 0 Å². The molecule has 26 heavy (non-hydrogen) atoms. The van der Waals surface area contributed by atoms with E-state index in [1.54, 1.807) is 18.0 Å². The van der Waals surface area contributed by atoms with Gasteiger partial charge in [0.1, 0.15) is 0 Å². The van der Waals surface area contributed by atoms with Gasteiger partial charge in [-0.05, 0) is 50.1 Å². The Hall–Kier alpha value is -2.89. The van der Waals surface area contributed by atoms with Crippen LogP contribution in [0.3, 0.4) is 0 Å². The molecule has 0 saturated carbocycles. The smallest absolute Gasteiger partial charge is 0.407 e. The third kappa shape index (κ3) is 3.85. The zero-order valence-corrected chi connectivity index (χ0v) is 15.2. The molecular formula is C20H23N3O3. The van der Waals surface area contributed by atoms with Crippen molar-refractivity contribution >= 4 is 17.7 Å². The molecule has 0 bridgehead atoms. The fraction of sp³-hybridized carbons (Fsp3) is 0.350. The van der Waals surface area contributed by atoms with Crippen LogP contribution in [0.4, 0.5) is 10.5 Å². The summed E-state index contributed by atoms with van der Waals surface area (Å²) in [4.78, 5) is 30.2. The van der Waals surface area contributed by atoms with Gasteiger partial charge >= 0.3 is 6.09 Å². The average molecular weight is 353 g/mol. The Morgan fingerprint density at radius 3 is 2.73 bits per heavy atom. The second-order valence-electron chi connectivity index (χ2n) is 6.60. The van der Waals surface area contributed by atoms with Gasteiger partial charge in [-0.3, -0.25) is 9.78 Å². The molecule has 0 saturated heterocycles. The maximum absolute atomic E-state index is 12.1. The molecule has 136 valence electrons. The number of hydrogen-bond acceptors (Lipinski definition) is 4. The fourth-order valence-corrected chi connectivity index (χ4v) is 3.17. The Bertz CT molecular complexity index is 805. The molecule has 6 heteroatoms. The van der Waals surface area contributed by atoms with Crippen LogP contribution in [0.2, 0.25) is 0 Å². The van der Waals surface area contributed by atoms with Gasteiger partial charge in [0.2, 0.25) is 5.91 Å². The predicted molar refractivity (Wildman–Crippen MR) is 99.8 cm³/mol. The number of alkyl carbamates (subject to hydrolysis) is 1. The van der Waals surface area contributed by atoms with Crippen molar-refractivity contribution in [1.29, 1.82) is 0 Å². The van der Waals surface area contributed by atoms with Crippen LogP contribution in [-0.4, -0.2) is 29.6 Å². The Balaban J connectivity index is 1.97. The lowest BCUT2D eigenvalue weighted by atomic mass is 9.93. The summed E-state index contributed by atoms with van der Waals surface area (Å²) in [6, 6.07) is 11.4. The first-order valence-electron chi connectivity index (χ1n) is 8.76. The number of benzene rings is 1. The van der Waals surface area contributed by atoms with Gasteiger partial charge in [0.05, 0.1) is 17.8 Å². The number of fused-ring (bicyclic) bond motifs is 1. The lowest BCUT2D eigenvalue weighted by molar-refractivity contribution is -0.116. The van der Waals surface area contributed by atoms with Crippen LogP contribution in [0.25, 0.3) is 11.3 Å². The van der Waals surface area contributed by atoms with Crippen LogP contribution in [0, 0.1) is 0 Å². The number of carbonyl (C=O) groups excluding carboxylic acids is 2. The molecular weight excluding hydrogens is 330 g/mol. The Labute approximate surface area is 153 Å². The van der Waals surface area contributed by atoms with Gasteiger partial charge in [0.15, 0.2) is 0 Å². The van der Waals surface area contributed by atoms with Gasteiger partial charge < -0.3 is 15.0 Å². The zero-order chi connectivity index (χ0) is 18.7. The number of nitrogens with one attached hydrogen (secondary N) is 1. The fourth-order valence-electron chi connectivity index (χ4n) is 3.17. The van der Waals surface area contributed by atoms with Crippen LogP contribution in [-0.2, 0) is 9.53 Å². The third-order valence-electron chi connectivity index (χ3n) is 4.31. The van der Waals surface area contributed by atoms with Crippen molar-refractivity contribution in [1.82, 2.24) is 10.3 Å². The van der Waals surface area contributed by atoms with Crippen LogP contribution in [0.1, 0.15) is 38.8 Å². The molecule has 0 radical (unpaired) electrons. The minimum absolute atomic E-state index is 0.0138. The number of nitrogens with zero attached hydrogens (tertiary/aromatic N) is 2. The molecule has 1 aliphatic heterocycles. The number of rotatable bonds is 3. The first kappa shape index (κ1) is 17.9. The Kier molecular flexibility index (Phi) is 5.21. The number of hydrogen-bond donors (Lipinski definition) is 1. The van der Waals surface area contributed by atoms with Crippen molar-refractivity contribution in [2.75, 3.05) is 11.4 Å². The molecule has 0 aliphatic carbocycles. The number of anilines is 1. The van der Waals surface area contributed by atoms with Crippen molar-refractivity contribution in [3.05, 3.63) is 48.2 Å². The number of amides is 2. The van der Waals surface area contributed by atoms with Gasteiger partial charge in [-0.2, -0.15) is 0 Å². The van der Waals surface area contributed by atoms with E-state index in [0.717, 1.165) is 22.5 Å². The van der Waals surface area contributed by atoms with Crippen molar-refractivity contribution in [2.45, 2.75) is 39.3 Å². The summed E-state index contributed by atoms with van der Waals surface area (Å²) in [6.45, 7) is 5.73. The van der Waals surface area contributed by atoms with Gasteiger partial charge in [-0.25, -0.2) is 4.79 Å². The summed E-state index contributed by atoms with van der Waals surface area (Å²) in [7, 11) is 0. The predicted octanol–water partition coefficient (Wildman–Crippen LogP) is 3.68. The second kappa shape index (κ2) is 7.56. The van der Waals surface area contributed by atoms with E-state index in [-0.39, 0.29) is 18.1 Å². The molecule has 1 aromatic carbocycles. The summed E-state index contributed by atoms with van der Waals surface area (Å²) in [6.07, 6.45) is 1.74. The molecule has 2 aromatic rings. The second-order valence-corrected chi connectivity index (χ2v) is 6.60. The highest BCUT2D eigenvalue weighted by atomic mass is 16.6. The van der Waals surface area contributed by atoms with Gasteiger partial charge in [0.25, 0.3) is 0 Å². The minimum Gasteiger partial charge on any atom is -0.447 e. The lowest BCUT2D eigenvalue weighted by Crippen LogP contribution is -2.40. The molecule has 3 rings (SSSR count). The molecule has 2 amide bonds. The summed E-state index contributed by atoms with van der Waals surface area (Å²) in [5, 5.41) is 2.93. The van der Waals surface area contributed by atoms with E-state index in [0.29, 0.717) is 13.0 Å². The summed E-state index contributed by atoms with van der Waals surface area (Å²) >= 11 is 0. The topological polar surface area (TPSA) is 71.5 Å². The van der Waals surface area contributed by atoms with Crippen LogP contribution in [0.5, 0.6) is 0 Å². The number of aromatic nitrogens is 1. The summed E-state index contributed by atoms with van der Waals surface area (Å²) in [5.41, 5.74) is 3.51. The molecule has 0 unspecified atom stereocenters. The third-order valence-corrected chi connectivity index (χ3v) is 4.31. The minimum atomic E-state index is -0.449. The van der Waals surface area contributed by atoms with E-state index in [9.17, 15) is 9.59 Å². The number of carbonyl (C=O) groups is 2. The molecule has 0 spiro atoms. The molecule has 1 atom stereocenters. The maximum atomic E-state index is 12.1. The summed E-state index contributed by atoms with van der Waals surface area (Å²) in [5.74, 6) is -0.0138. The molecule has 1 aromatic heterocycles. The van der Waals surface area contributed by atoms with Gasteiger partial charge in [0, 0.05) is 30.9 Å². The standard InChI is InChI=1S/C20H23N3O3/c1-13(2)26-20(25)22-18-9-11-23(14(3)24)19-8-7-15(12-16(18)19)17-6-4-5-10-21-17/h4-8,10,12-13,18H,9,11H2,1-3H3,(H,22,25)/t18-/m1/s1. The van der Waals surface area contributed by atoms with Crippen molar-refractivity contribution < 1.29 is 14.3 Å². The van der Waals surface area contributed by atoms with E-state index < -0.39 is 6.09 Å². The van der Waals surface area contributed by atoms with Gasteiger partial charge in [-0.15, -0.1) is 0 Å². The zero-order valence-electron chi connectivity index (χ0n) is 15.2. The SMILES string of the molecule is CC(=O)N1CC[C@@H](NC(=O)OC(C)C)c2cc(-c3ccccn3)ccc21. The maximum Gasteiger partial charge on any atom is 0.407 e. The van der Waals surface area contributed by atoms with E-state index >= 15 is 0 Å². The van der Waals surface area contributed by atoms with E-state index in [4.69, 9.17) is 4.74 Å². The van der Waals surface area contributed by atoms with Crippen molar-refractivity contribution in [3.63, 3.8) is 0 Å². The molecule has 1 N–H and O–H groups in total. The highest BCUT2D eigenvalue weighted by molar-refractivity contribution is 5.93. The Morgan fingerprint density at radius 2 is 2.08 bits per heavy atom. The lowest BCUT2D eigenvalue weighted by Gasteiger charge is -2.34. The monoisotopic (exact) mass is 353 g/mol. The van der Waals surface area contributed by atoms with E-state index in [2.05, 4.69) is 10.3 Å². The largest absolute Gasteiger partial charge is 0.447 e. The van der Waals surface area contributed by atoms with E-state index in [1.165, 1.54) is 0 Å². The Morgan fingerprint density at radius 1 is 1.27 bits per heavy atom. The molecule has 0 fully saturated rings. The normalized spacial score (nSPS) is 16.2.